The van der Waals surface area contributed by atoms with Crippen molar-refractivity contribution < 1.29 is 9.53 Å². The highest BCUT2D eigenvalue weighted by molar-refractivity contribution is 5.85. The van der Waals surface area contributed by atoms with Crippen LogP contribution in [0.5, 0.6) is 0 Å². The number of halogens is 2. The molecule has 2 N–H and O–H groups in total. The van der Waals surface area contributed by atoms with E-state index in [1.165, 1.54) is 12.0 Å². The zero-order chi connectivity index (χ0) is 16.1. The molecule has 1 aromatic rings. The van der Waals surface area contributed by atoms with Crippen molar-refractivity contribution in [3.63, 3.8) is 0 Å². The Morgan fingerprint density at radius 1 is 1.32 bits per heavy atom. The first kappa shape index (κ1) is 22.2. The lowest BCUT2D eigenvalue weighted by atomic mass is 10.1. The molecule has 25 heavy (non-hydrogen) atoms. The minimum absolute atomic E-state index is 0. The third-order valence-corrected chi connectivity index (χ3v) is 4.84. The van der Waals surface area contributed by atoms with Gasteiger partial charge in [-0.05, 0) is 31.9 Å². The zero-order valence-electron chi connectivity index (χ0n) is 14.6. The van der Waals surface area contributed by atoms with Crippen LogP contribution in [0.1, 0.15) is 25.3 Å². The number of hydrogen-bond donors (Lipinski definition) is 2. The van der Waals surface area contributed by atoms with Crippen molar-refractivity contribution in [2.45, 2.75) is 44.5 Å². The molecule has 3 atom stereocenters. The predicted octanol–water partition coefficient (Wildman–Crippen LogP) is 1.99. The average Bonchev–Trinajstić information content (AvgIpc) is 3.01. The Morgan fingerprint density at radius 2 is 2.08 bits per heavy atom. The molecule has 0 bridgehead atoms. The first-order chi connectivity index (χ1) is 11.2. The predicted molar refractivity (Wildman–Crippen MR) is 105 cm³/mol. The molecular formula is C18H29Cl2N3O2. The van der Waals surface area contributed by atoms with Crippen LogP contribution in [0.15, 0.2) is 30.3 Å². The molecule has 5 nitrogen and oxygen atoms in total. The SMILES string of the molecule is C[C@H]1OCCN[C@@H]1C(=O)NCC1CCCN1Cc1ccccc1.Cl.Cl. The van der Waals surface area contributed by atoms with Crippen LogP contribution in [0.4, 0.5) is 0 Å². The molecule has 142 valence electrons. The molecule has 2 aliphatic heterocycles. The molecule has 1 amide bonds. The smallest absolute Gasteiger partial charge is 0.239 e. The molecule has 0 aromatic heterocycles. The number of morpholine rings is 1. The van der Waals surface area contributed by atoms with Crippen molar-refractivity contribution in [3.05, 3.63) is 35.9 Å². The molecular weight excluding hydrogens is 361 g/mol. The summed E-state index contributed by atoms with van der Waals surface area (Å²) in [5, 5.41) is 6.36. The van der Waals surface area contributed by atoms with Crippen molar-refractivity contribution in [1.29, 1.82) is 0 Å². The number of hydrogen-bond acceptors (Lipinski definition) is 4. The number of nitrogens with one attached hydrogen (secondary N) is 2. The normalized spacial score (nSPS) is 26.4. The van der Waals surface area contributed by atoms with Crippen LogP contribution in [-0.4, -0.2) is 55.2 Å². The fourth-order valence-electron chi connectivity index (χ4n) is 3.51. The van der Waals surface area contributed by atoms with Gasteiger partial charge in [0.2, 0.25) is 5.91 Å². The van der Waals surface area contributed by atoms with E-state index < -0.39 is 0 Å². The van der Waals surface area contributed by atoms with Crippen molar-refractivity contribution in [2.75, 3.05) is 26.2 Å². The van der Waals surface area contributed by atoms with Gasteiger partial charge in [0.15, 0.2) is 0 Å². The van der Waals surface area contributed by atoms with Gasteiger partial charge in [0, 0.05) is 25.7 Å². The molecule has 2 aliphatic rings. The number of amides is 1. The number of ether oxygens (including phenoxy) is 1. The van der Waals surface area contributed by atoms with Crippen LogP contribution in [0, 0.1) is 0 Å². The van der Waals surface area contributed by atoms with Crippen molar-refractivity contribution in [1.82, 2.24) is 15.5 Å². The summed E-state index contributed by atoms with van der Waals surface area (Å²) in [6.45, 7) is 6.16. The Labute approximate surface area is 162 Å². The summed E-state index contributed by atoms with van der Waals surface area (Å²) in [4.78, 5) is 14.8. The molecule has 2 heterocycles. The largest absolute Gasteiger partial charge is 0.375 e. The van der Waals surface area contributed by atoms with Crippen molar-refractivity contribution in [2.24, 2.45) is 0 Å². The number of benzene rings is 1. The maximum Gasteiger partial charge on any atom is 0.239 e. The molecule has 1 unspecified atom stereocenters. The summed E-state index contributed by atoms with van der Waals surface area (Å²) in [5.41, 5.74) is 1.33. The van der Waals surface area contributed by atoms with E-state index in [0.717, 1.165) is 32.6 Å². The summed E-state index contributed by atoms with van der Waals surface area (Å²) in [6, 6.07) is 10.7. The summed E-state index contributed by atoms with van der Waals surface area (Å²) in [7, 11) is 0. The van der Waals surface area contributed by atoms with Gasteiger partial charge >= 0.3 is 0 Å². The Hall–Kier alpha value is -0.850. The van der Waals surface area contributed by atoms with Crippen LogP contribution in [0.25, 0.3) is 0 Å². The van der Waals surface area contributed by atoms with Crippen LogP contribution in [-0.2, 0) is 16.1 Å². The highest BCUT2D eigenvalue weighted by Crippen LogP contribution is 2.19. The number of carbonyl (C=O) groups excluding carboxylic acids is 1. The summed E-state index contributed by atoms with van der Waals surface area (Å²) in [6.07, 6.45) is 2.29. The highest BCUT2D eigenvalue weighted by Gasteiger charge is 2.30. The van der Waals surface area contributed by atoms with E-state index in [0.29, 0.717) is 12.6 Å². The third kappa shape index (κ3) is 6.12. The van der Waals surface area contributed by atoms with Gasteiger partial charge in [-0.2, -0.15) is 0 Å². The molecule has 7 heteroatoms. The van der Waals surface area contributed by atoms with Gasteiger partial charge in [-0.3, -0.25) is 9.69 Å². The lowest BCUT2D eigenvalue weighted by Crippen LogP contribution is -2.56. The third-order valence-electron chi connectivity index (χ3n) is 4.84. The number of rotatable bonds is 5. The van der Waals surface area contributed by atoms with Gasteiger partial charge in [-0.25, -0.2) is 0 Å². The summed E-state index contributed by atoms with van der Waals surface area (Å²) >= 11 is 0. The Bertz CT molecular complexity index is 518. The molecule has 0 radical (unpaired) electrons. The first-order valence-corrected chi connectivity index (χ1v) is 8.65. The van der Waals surface area contributed by atoms with Gasteiger partial charge in [0.25, 0.3) is 0 Å². The highest BCUT2D eigenvalue weighted by atomic mass is 35.5. The molecule has 3 rings (SSSR count). The number of likely N-dealkylation sites (tertiary alicyclic amines) is 1. The Kier molecular flexibility index (Phi) is 9.75. The van der Waals surface area contributed by atoms with Gasteiger partial charge in [0.05, 0.1) is 12.7 Å². The zero-order valence-corrected chi connectivity index (χ0v) is 16.3. The molecule has 2 saturated heterocycles. The maximum atomic E-state index is 12.4. The molecule has 1 aromatic carbocycles. The maximum absolute atomic E-state index is 12.4. The van der Waals surface area contributed by atoms with Crippen LogP contribution in [0.2, 0.25) is 0 Å². The van der Waals surface area contributed by atoms with E-state index in [2.05, 4.69) is 39.8 Å². The lowest BCUT2D eigenvalue weighted by Gasteiger charge is -2.30. The summed E-state index contributed by atoms with van der Waals surface area (Å²) in [5.74, 6) is 0.0590. The van der Waals surface area contributed by atoms with E-state index >= 15 is 0 Å². The van der Waals surface area contributed by atoms with Crippen LogP contribution in [0.3, 0.4) is 0 Å². The van der Waals surface area contributed by atoms with E-state index in [4.69, 9.17) is 4.74 Å². The molecule has 0 saturated carbocycles. The van der Waals surface area contributed by atoms with E-state index in [9.17, 15) is 4.79 Å². The lowest BCUT2D eigenvalue weighted by molar-refractivity contribution is -0.129. The minimum Gasteiger partial charge on any atom is -0.375 e. The second-order valence-electron chi connectivity index (χ2n) is 6.50. The Balaban J connectivity index is 0.00000156. The minimum atomic E-state index is -0.229. The molecule has 0 aliphatic carbocycles. The number of carbonyl (C=O) groups is 1. The standard InChI is InChI=1S/C18H27N3O2.2ClH/c1-14-17(19-9-11-23-14)18(22)20-12-16-8-5-10-21(16)13-15-6-3-2-4-7-15;;/h2-4,6-7,14,16-17,19H,5,8-13H2,1H3,(H,20,22);2*1H/t14-,16?,17+;;/m1../s1. The van der Waals surface area contributed by atoms with Crippen molar-refractivity contribution in [3.8, 4) is 0 Å². The second kappa shape index (κ2) is 11.0. The van der Waals surface area contributed by atoms with Gasteiger partial charge < -0.3 is 15.4 Å². The fraction of sp³-hybridized carbons (Fsp3) is 0.611. The fourth-order valence-corrected chi connectivity index (χ4v) is 3.51. The van der Waals surface area contributed by atoms with E-state index in [1.807, 2.05) is 13.0 Å². The average molecular weight is 390 g/mol. The monoisotopic (exact) mass is 389 g/mol. The van der Waals surface area contributed by atoms with E-state index in [1.54, 1.807) is 0 Å². The van der Waals surface area contributed by atoms with Gasteiger partial charge in [-0.15, -0.1) is 24.8 Å². The van der Waals surface area contributed by atoms with Crippen molar-refractivity contribution >= 4 is 30.7 Å². The molecule has 0 spiro atoms. The topological polar surface area (TPSA) is 53.6 Å². The summed E-state index contributed by atoms with van der Waals surface area (Å²) < 4.78 is 5.55. The van der Waals surface area contributed by atoms with Gasteiger partial charge in [0.1, 0.15) is 6.04 Å². The van der Waals surface area contributed by atoms with Crippen LogP contribution < -0.4 is 10.6 Å². The Morgan fingerprint density at radius 3 is 2.80 bits per heavy atom. The van der Waals surface area contributed by atoms with Gasteiger partial charge in [-0.1, -0.05) is 30.3 Å². The van der Waals surface area contributed by atoms with Crippen LogP contribution >= 0.6 is 24.8 Å². The second-order valence-corrected chi connectivity index (χ2v) is 6.50. The molecule has 2 fully saturated rings. The first-order valence-electron chi connectivity index (χ1n) is 8.65. The number of nitrogens with zero attached hydrogens (tertiary/aromatic N) is 1. The van der Waals surface area contributed by atoms with E-state index in [-0.39, 0.29) is 42.9 Å². The quantitative estimate of drug-likeness (QED) is 0.808.